The van der Waals surface area contributed by atoms with Gasteiger partial charge < -0.3 is 15.0 Å². The third-order valence-electron chi connectivity index (χ3n) is 5.85. The normalized spacial score (nSPS) is 22.6. The van der Waals surface area contributed by atoms with Crippen LogP contribution in [0.5, 0.6) is 0 Å². The van der Waals surface area contributed by atoms with E-state index in [9.17, 15) is 14.4 Å². The van der Waals surface area contributed by atoms with Crippen LogP contribution in [0.3, 0.4) is 0 Å². The van der Waals surface area contributed by atoms with Gasteiger partial charge in [-0.2, -0.15) is 0 Å². The van der Waals surface area contributed by atoms with Crippen molar-refractivity contribution in [1.82, 2.24) is 4.90 Å². The summed E-state index contributed by atoms with van der Waals surface area (Å²) in [5, 5.41) is 3.58. The van der Waals surface area contributed by atoms with E-state index in [0.717, 1.165) is 17.7 Å². The Morgan fingerprint density at radius 3 is 2.71 bits per heavy atom. The Morgan fingerprint density at radius 1 is 1.26 bits per heavy atom. The van der Waals surface area contributed by atoms with E-state index < -0.39 is 12.1 Å². The molecule has 0 bridgehead atoms. The van der Waals surface area contributed by atoms with E-state index in [1.54, 1.807) is 30.0 Å². The third-order valence-corrected chi connectivity index (χ3v) is 7.63. The number of nitrogens with one attached hydrogen (secondary N) is 1. The van der Waals surface area contributed by atoms with Gasteiger partial charge in [-0.3, -0.25) is 9.59 Å². The Hall–Kier alpha value is -2.03. The monoisotopic (exact) mass is 463 g/mol. The Morgan fingerprint density at radius 2 is 2.03 bits per heavy atom. The number of amides is 4. The number of halogens is 1. The molecule has 31 heavy (non-hydrogen) atoms. The number of hydrogen-bond acceptors (Lipinski definition) is 5. The zero-order chi connectivity index (χ0) is 22.0. The number of hydrogen-bond donors (Lipinski definition) is 1. The first-order valence-corrected chi connectivity index (χ1v) is 11.9. The summed E-state index contributed by atoms with van der Waals surface area (Å²) in [7, 11) is 0. The second-order valence-corrected chi connectivity index (χ2v) is 9.64. The van der Waals surface area contributed by atoms with Gasteiger partial charge in [0.15, 0.2) is 0 Å². The van der Waals surface area contributed by atoms with E-state index in [1.165, 1.54) is 24.2 Å². The molecular formula is C22H26ClN3O4S. The molecule has 3 aliphatic rings. The molecule has 1 aromatic rings. The first kappa shape index (κ1) is 22.2. The standard InChI is InChI=1S/C22H26ClN3O4S/c1-2-19(31-15-6-4-3-5-7-15)20(27)24-14-8-9-17(16(23)12-14)26-21(28)18-13-30-11-10-25(18)22(26)29/h2,8-9,12,15,18H,3-7,10-11,13H2,1H3,(H,24,27)/b19-2-. The third kappa shape index (κ3) is 4.61. The van der Waals surface area contributed by atoms with E-state index in [1.807, 2.05) is 13.0 Å². The molecule has 2 saturated heterocycles. The number of nitrogens with zero attached hydrogens (tertiary/aromatic N) is 2. The van der Waals surface area contributed by atoms with Crippen LogP contribution in [-0.4, -0.2) is 53.8 Å². The number of ether oxygens (including phenoxy) is 1. The quantitative estimate of drug-likeness (QED) is 0.516. The minimum atomic E-state index is -0.606. The summed E-state index contributed by atoms with van der Waals surface area (Å²) in [5.41, 5.74) is 0.828. The highest BCUT2D eigenvalue weighted by Gasteiger charge is 2.47. The van der Waals surface area contributed by atoms with Gasteiger partial charge in [0.1, 0.15) is 6.04 Å². The average Bonchev–Trinajstić information content (AvgIpc) is 3.03. The van der Waals surface area contributed by atoms with E-state index in [4.69, 9.17) is 16.3 Å². The molecule has 3 fully saturated rings. The minimum absolute atomic E-state index is 0.176. The van der Waals surface area contributed by atoms with Gasteiger partial charge in [0, 0.05) is 17.5 Å². The van der Waals surface area contributed by atoms with E-state index in [-0.39, 0.29) is 23.4 Å². The predicted octanol–water partition coefficient (Wildman–Crippen LogP) is 4.42. The number of fused-ring (bicyclic) bond motifs is 1. The smallest absolute Gasteiger partial charge is 0.332 e. The summed E-state index contributed by atoms with van der Waals surface area (Å²) in [6.07, 6.45) is 7.81. The summed E-state index contributed by atoms with van der Waals surface area (Å²) < 4.78 is 5.34. The summed E-state index contributed by atoms with van der Waals surface area (Å²) in [5.74, 6) is -0.520. The fourth-order valence-corrected chi connectivity index (χ4v) is 5.69. The van der Waals surface area contributed by atoms with Gasteiger partial charge in [-0.15, -0.1) is 11.8 Å². The maximum absolute atomic E-state index is 12.8. The molecular weight excluding hydrogens is 438 g/mol. The van der Waals surface area contributed by atoms with E-state index in [2.05, 4.69) is 5.32 Å². The van der Waals surface area contributed by atoms with Gasteiger partial charge in [0.05, 0.1) is 28.8 Å². The number of benzene rings is 1. The number of thioether (sulfide) groups is 1. The van der Waals surface area contributed by atoms with Crippen LogP contribution in [0.4, 0.5) is 16.2 Å². The summed E-state index contributed by atoms with van der Waals surface area (Å²) in [6, 6.07) is 3.83. The molecule has 7 nitrogen and oxygen atoms in total. The van der Waals surface area contributed by atoms with E-state index in [0.29, 0.717) is 34.7 Å². The van der Waals surface area contributed by atoms with Crippen molar-refractivity contribution >= 4 is 52.6 Å². The SMILES string of the molecule is C/C=C(\SC1CCCCC1)C(=O)Nc1ccc(N2C(=O)C3COCCN3C2=O)c(Cl)c1. The van der Waals surface area contributed by atoms with Crippen molar-refractivity contribution in [2.75, 3.05) is 30.0 Å². The maximum atomic E-state index is 12.8. The lowest BCUT2D eigenvalue weighted by Crippen LogP contribution is -2.45. The van der Waals surface area contributed by atoms with Crippen LogP contribution < -0.4 is 10.2 Å². The summed E-state index contributed by atoms with van der Waals surface area (Å²) in [6.45, 7) is 2.85. The molecule has 1 aliphatic carbocycles. The molecule has 1 unspecified atom stereocenters. The molecule has 2 aliphatic heterocycles. The second kappa shape index (κ2) is 9.63. The molecule has 166 valence electrons. The van der Waals surface area contributed by atoms with Gasteiger partial charge >= 0.3 is 6.03 Å². The van der Waals surface area contributed by atoms with Crippen LogP contribution in [0, 0.1) is 0 Å². The highest BCUT2D eigenvalue weighted by atomic mass is 35.5. The van der Waals surface area contributed by atoms with Crippen LogP contribution in [0.15, 0.2) is 29.2 Å². The molecule has 1 saturated carbocycles. The van der Waals surface area contributed by atoms with Gasteiger partial charge in [-0.1, -0.05) is 36.9 Å². The molecule has 0 spiro atoms. The molecule has 0 aromatic heterocycles. The molecule has 1 atom stereocenters. The molecule has 0 radical (unpaired) electrons. The fraction of sp³-hybridized carbons (Fsp3) is 0.500. The lowest BCUT2D eigenvalue weighted by atomic mass is 10.0. The lowest BCUT2D eigenvalue weighted by molar-refractivity contribution is -0.123. The second-order valence-electron chi connectivity index (χ2n) is 7.89. The Balaban J connectivity index is 1.45. The molecule has 1 aromatic carbocycles. The average molecular weight is 464 g/mol. The molecule has 9 heteroatoms. The van der Waals surface area contributed by atoms with Crippen molar-refractivity contribution in [2.45, 2.75) is 50.3 Å². The highest BCUT2D eigenvalue weighted by molar-refractivity contribution is 8.04. The predicted molar refractivity (Wildman–Crippen MR) is 122 cm³/mol. The molecule has 4 rings (SSSR count). The zero-order valence-electron chi connectivity index (χ0n) is 17.4. The number of urea groups is 1. The molecule has 4 amide bonds. The van der Waals surface area contributed by atoms with Crippen molar-refractivity contribution < 1.29 is 19.1 Å². The number of allylic oxidation sites excluding steroid dienone is 1. The van der Waals surface area contributed by atoms with Crippen molar-refractivity contribution in [3.05, 3.63) is 34.2 Å². The maximum Gasteiger partial charge on any atom is 0.332 e. The van der Waals surface area contributed by atoms with Crippen molar-refractivity contribution in [3.8, 4) is 0 Å². The Bertz CT molecular complexity index is 892. The van der Waals surface area contributed by atoms with E-state index >= 15 is 0 Å². The zero-order valence-corrected chi connectivity index (χ0v) is 19.0. The largest absolute Gasteiger partial charge is 0.377 e. The Labute approximate surface area is 191 Å². The minimum Gasteiger partial charge on any atom is -0.377 e. The number of morpholine rings is 1. The van der Waals surface area contributed by atoms with Crippen molar-refractivity contribution in [1.29, 1.82) is 0 Å². The van der Waals surface area contributed by atoms with Crippen LogP contribution in [0.25, 0.3) is 0 Å². The van der Waals surface area contributed by atoms with Gasteiger partial charge in [-0.25, -0.2) is 9.69 Å². The first-order chi connectivity index (χ1) is 15.0. The lowest BCUT2D eigenvalue weighted by Gasteiger charge is -2.26. The Kier molecular flexibility index (Phi) is 6.89. The number of carbonyl (C=O) groups excluding carboxylic acids is 3. The molecule has 2 heterocycles. The number of rotatable bonds is 5. The highest BCUT2D eigenvalue weighted by Crippen LogP contribution is 2.36. The van der Waals surface area contributed by atoms with Gasteiger partial charge in [0.25, 0.3) is 11.8 Å². The topological polar surface area (TPSA) is 79.0 Å². The van der Waals surface area contributed by atoms with Crippen LogP contribution in [0.2, 0.25) is 5.02 Å². The van der Waals surface area contributed by atoms with Gasteiger partial charge in [-0.05, 0) is 38.0 Å². The van der Waals surface area contributed by atoms with Crippen molar-refractivity contribution in [2.24, 2.45) is 0 Å². The van der Waals surface area contributed by atoms with Gasteiger partial charge in [0.2, 0.25) is 0 Å². The molecule has 1 N–H and O–H groups in total. The summed E-state index contributed by atoms with van der Waals surface area (Å²) in [4.78, 5) is 41.5. The number of imide groups is 1. The first-order valence-electron chi connectivity index (χ1n) is 10.7. The van der Waals surface area contributed by atoms with Crippen LogP contribution in [-0.2, 0) is 14.3 Å². The fourth-order valence-electron chi connectivity index (χ4n) is 4.20. The van der Waals surface area contributed by atoms with Crippen molar-refractivity contribution in [3.63, 3.8) is 0 Å². The number of carbonyl (C=O) groups is 3. The van der Waals surface area contributed by atoms with Crippen LogP contribution >= 0.6 is 23.4 Å². The number of anilines is 2. The summed E-state index contributed by atoms with van der Waals surface area (Å²) >= 11 is 8.06. The van der Waals surface area contributed by atoms with Crippen LogP contribution in [0.1, 0.15) is 39.0 Å².